The molecule has 0 aliphatic heterocycles. The first kappa shape index (κ1) is 13.8. The second-order valence-electron chi connectivity index (χ2n) is 5.15. The average molecular weight is 328 g/mol. The predicted molar refractivity (Wildman–Crippen MR) is 88.0 cm³/mol. The minimum absolute atomic E-state index is 0.0655. The Morgan fingerprint density at radius 1 is 1.43 bits per heavy atom. The minimum atomic E-state index is -0.430. The van der Waals surface area contributed by atoms with Gasteiger partial charge in [0.25, 0.3) is 4.96 Å². The monoisotopic (exact) mass is 328 g/mol. The van der Waals surface area contributed by atoms with Gasteiger partial charge in [-0.1, -0.05) is 29.5 Å². The summed E-state index contributed by atoms with van der Waals surface area (Å²) < 4.78 is 7.26. The predicted octanol–water partition coefficient (Wildman–Crippen LogP) is 4.22. The van der Waals surface area contributed by atoms with Crippen LogP contribution < -0.4 is 5.32 Å². The molecule has 0 amide bonds. The quantitative estimate of drug-likeness (QED) is 0.448. The summed E-state index contributed by atoms with van der Waals surface area (Å²) in [7, 11) is 0. The molecule has 0 aliphatic rings. The molecular formula is C15H12N4O3S. The molecule has 4 aromatic rings. The van der Waals surface area contributed by atoms with E-state index < -0.39 is 4.92 Å². The Morgan fingerprint density at radius 2 is 2.26 bits per heavy atom. The lowest BCUT2D eigenvalue weighted by molar-refractivity contribution is -0.389. The van der Waals surface area contributed by atoms with Crippen molar-refractivity contribution in [2.45, 2.75) is 13.0 Å². The molecule has 116 valence electrons. The van der Waals surface area contributed by atoms with E-state index in [9.17, 15) is 10.1 Å². The topological polar surface area (TPSA) is 85.6 Å². The van der Waals surface area contributed by atoms with E-state index in [4.69, 9.17) is 4.42 Å². The number of furan rings is 1. The van der Waals surface area contributed by atoms with Gasteiger partial charge in [0.05, 0.1) is 6.04 Å². The van der Waals surface area contributed by atoms with Gasteiger partial charge in [0.1, 0.15) is 17.5 Å². The first-order valence-electron chi connectivity index (χ1n) is 6.98. The van der Waals surface area contributed by atoms with Crippen LogP contribution in [0, 0.1) is 10.1 Å². The van der Waals surface area contributed by atoms with Gasteiger partial charge < -0.3 is 19.8 Å². The zero-order chi connectivity index (χ0) is 16.0. The van der Waals surface area contributed by atoms with Crippen molar-refractivity contribution >= 4 is 38.9 Å². The molecule has 3 aromatic heterocycles. The maximum atomic E-state index is 11.3. The van der Waals surface area contributed by atoms with Crippen LogP contribution in [0.3, 0.4) is 0 Å². The molecule has 1 unspecified atom stereocenters. The lowest BCUT2D eigenvalue weighted by atomic mass is 10.2. The van der Waals surface area contributed by atoms with E-state index in [0.717, 1.165) is 11.0 Å². The van der Waals surface area contributed by atoms with Gasteiger partial charge in [-0.05, 0) is 24.0 Å². The molecule has 8 heteroatoms. The van der Waals surface area contributed by atoms with E-state index in [-0.39, 0.29) is 17.7 Å². The maximum Gasteiger partial charge on any atom is 0.372 e. The summed E-state index contributed by atoms with van der Waals surface area (Å²) in [5.74, 6) is 0.885. The third-order valence-electron chi connectivity index (χ3n) is 3.63. The molecule has 0 aliphatic carbocycles. The summed E-state index contributed by atoms with van der Waals surface area (Å²) in [5, 5.41) is 17.2. The Bertz CT molecular complexity index is 983. The number of anilines is 1. The summed E-state index contributed by atoms with van der Waals surface area (Å²) in [4.78, 5) is 15.8. The molecule has 7 nitrogen and oxygen atoms in total. The lowest BCUT2D eigenvalue weighted by Crippen LogP contribution is -2.08. The average Bonchev–Trinajstić information content (AvgIpc) is 3.19. The molecule has 1 aromatic carbocycles. The fourth-order valence-electron chi connectivity index (χ4n) is 2.54. The molecule has 1 N–H and O–H groups in total. The summed E-state index contributed by atoms with van der Waals surface area (Å²) >= 11 is 1.35. The second-order valence-corrected chi connectivity index (χ2v) is 6.02. The summed E-state index contributed by atoms with van der Waals surface area (Å²) in [5.41, 5.74) is 0.788. The number of nitrogens with zero attached hydrogens (tertiary/aromatic N) is 3. The number of nitro groups is 1. The van der Waals surface area contributed by atoms with Crippen molar-refractivity contribution in [1.29, 1.82) is 0 Å². The van der Waals surface area contributed by atoms with Crippen molar-refractivity contribution in [3.8, 4) is 0 Å². The van der Waals surface area contributed by atoms with Gasteiger partial charge >= 0.3 is 5.82 Å². The van der Waals surface area contributed by atoms with Crippen LogP contribution in [0.25, 0.3) is 15.9 Å². The van der Waals surface area contributed by atoms with Crippen molar-refractivity contribution in [1.82, 2.24) is 9.38 Å². The van der Waals surface area contributed by atoms with E-state index in [2.05, 4.69) is 10.3 Å². The van der Waals surface area contributed by atoms with Gasteiger partial charge in [-0.25, -0.2) is 0 Å². The SMILES string of the molecule is CC(Nc1nc2sccn2c1[N+](=O)[O-])c1cc2ccccc2o1. The Labute approximate surface area is 134 Å². The molecule has 4 rings (SSSR count). The van der Waals surface area contributed by atoms with Gasteiger partial charge in [-0.2, -0.15) is 9.38 Å². The largest absolute Gasteiger partial charge is 0.459 e. The fourth-order valence-corrected chi connectivity index (χ4v) is 3.25. The van der Waals surface area contributed by atoms with Gasteiger partial charge in [0.15, 0.2) is 0 Å². The standard InChI is InChI=1S/C15H12N4O3S/c1-9(12-8-10-4-2-3-5-11(10)22-12)16-13-14(19(20)21)18-6-7-23-15(18)17-13/h2-9,16H,1H3. The Kier molecular flexibility index (Phi) is 3.05. The number of para-hydroxylation sites is 1. The smallest absolute Gasteiger partial charge is 0.372 e. The Hall–Kier alpha value is -2.87. The number of hydrogen-bond acceptors (Lipinski definition) is 6. The first-order chi connectivity index (χ1) is 11.1. The van der Waals surface area contributed by atoms with Gasteiger partial charge in [0.2, 0.25) is 5.82 Å². The highest BCUT2D eigenvalue weighted by Crippen LogP contribution is 2.32. The van der Waals surface area contributed by atoms with Gasteiger partial charge in [0, 0.05) is 10.8 Å². The van der Waals surface area contributed by atoms with Crippen LogP contribution in [-0.2, 0) is 0 Å². The third kappa shape index (κ3) is 2.23. The number of thiazole rings is 1. The Morgan fingerprint density at radius 3 is 3.04 bits per heavy atom. The van der Waals surface area contributed by atoms with Gasteiger partial charge in [-0.15, -0.1) is 0 Å². The first-order valence-corrected chi connectivity index (χ1v) is 7.86. The van der Waals surface area contributed by atoms with Crippen LogP contribution in [0.1, 0.15) is 18.7 Å². The molecule has 0 fully saturated rings. The fraction of sp³-hybridized carbons (Fsp3) is 0.133. The highest BCUT2D eigenvalue weighted by molar-refractivity contribution is 7.15. The number of imidazole rings is 1. The normalized spacial score (nSPS) is 12.7. The lowest BCUT2D eigenvalue weighted by Gasteiger charge is -2.09. The number of nitrogens with one attached hydrogen (secondary N) is 1. The summed E-state index contributed by atoms with van der Waals surface area (Å²) in [6.07, 6.45) is 1.64. The molecule has 1 atom stereocenters. The van der Waals surface area contributed by atoms with Crippen molar-refractivity contribution < 1.29 is 9.34 Å². The number of hydrogen-bond donors (Lipinski definition) is 1. The molecule has 0 radical (unpaired) electrons. The van der Waals surface area contributed by atoms with Crippen molar-refractivity contribution in [2.75, 3.05) is 5.32 Å². The van der Waals surface area contributed by atoms with Crippen LogP contribution in [0.15, 0.2) is 46.3 Å². The van der Waals surface area contributed by atoms with Crippen molar-refractivity contribution in [3.05, 3.63) is 57.8 Å². The van der Waals surface area contributed by atoms with Gasteiger partial charge in [-0.3, -0.25) is 0 Å². The maximum absolute atomic E-state index is 11.3. The van der Waals surface area contributed by atoms with E-state index in [1.54, 1.807) is 11.6 Å². The highest BCUT2D eigenvalue weighted by atomic mass is 32.1. The highest BCUT2D eigenvalue weighted by Gasteiger charge is 2.25. The number of aromatic nitrogens is 2. The van der Waals surface area contributed by atoms with E-state index in [1.165, 1.54) is 15.7 Å². The van der Waals surface area contributed by atoms with E-state index >= 15 is 0 Å². The van der Waals surface area contributed by atoms with Crippen LogP contribution in [-0.4, -0.2) is 14.3 Å². The molecule has 0 bridgehead atoms. The molecule has 3 heterocycles. The second kappa shape index (κ2) is 5.10. The molecule has 23 heavy (non-hydrogen) atoms. The number of fused-ring (bicyclic) bond motifs is 2. The third-order valence-corrected chi connectivity index (χ3v) is 4.39. The number of rotatable bonds is 4. The zero-order valence-electron chi connectivity index (χ0n) is 12.1. The molecule has 0 saturated heterocycles. The molecule has 0 spiro atoms. The minimum Gasteiger partial charge on any atom is -0.459 e. The van der Waals surface area contributed by atoms with Crippen molar-refractivity contribution in [2.24, 2.45) is 0 Å². The van der Waals surface area contributed by atoms with E-state index in [0.29, 0.717) is 10.7 Å². The number of benzene rings is 1. The van der Waals surface area contributed by atoms with Crippen LogP contribution in [0.2, 0.25) is 0 Å². The Balaban J connectivity index is 1.70. The van der Waals surface area contributed by atoms with Crippen LogP contribution in [0.5, 0.6) is 0 Å². The van der Waals surface area contributed by atoms with Crippen LogP contribution >= 0.6 is 11.3 Å². The van der Waals surface area contributed by atoms with Crippen molar-refractivity contribution in [3.63, 3.8) is 0 Å². The van der Waals surface area contributed by atoms with E-state index in [1.807, 2.05) is 37.3 Å². The van der Waals surface area contributed by atoms with Crippen LogP contribution in [0.4, 0.5) is 11.6 Å². The molecular weight excluding hydrogens is 316 g/mol. The zero-order valence-corrected chi connectivity index (χ0v) is 12.9. The molecule has 0 saturated carbocycles. The summed E-state index contributed by atoms with van der Waals surface area (Å²) in [6, 6.07) is 9.38. The summed E-state index contributed by atoms with van der Waals surface area (Å²) in [6.45, 7) is 1.88.